The summed E-state index contributed by atoms with van der Waals surface area (Å²) < 4.78 is 5.02. The van der Waals surface area contributed by atoms with E-state index in [0.717, 1.165) is 5.39 Å². The first-order chi connectivity index (χ1) is 9.61. The van der Waals surface area contributed by atoms with Crippen molar-refractivity contribution in [3.63, 3.8) is 0 Å². The number of aliphatic hydroxyl groups is 1. The Kier molecular flexibility index (Phi) is 3.15. The summed E-state index contributed by atoms with van der Waals surface area (Å²) in [5.74, 6) is 0. The van der Waals surface area contributed by atoms with Gasteiger partial charge in [-0.05, 0) is 30.7 Å². The zero-order valence-electron chi connectivity index (χ0n) is 10.7. The fourth-order valence-corrected chi connectivity index (χ4v) is 2.28. The van der Waals surface area contributed by atoms with Crippen LogP contribution in [0.5, 0.6) is 0 Å². The lowest BCUT2D eigenvalue weighted by atomic mass is 10.2. The number of urea groups is 1. The van der Waals surface area contributed by atoms with Gasteiger partial charge in [0, 0.05) is 30.2 Å². The first kappa shape index (κ1) is 12.7. The van der Waals surface area contributed by atoms with Crippen LogP contribution in [0, 0.1) is 0 Å². The lowest BCUT2D eigenvalue weighted by molar-refractivity contribution is 0.176. The van der Waals surface area contributed by atoms with E-state index in [4.69, 9.17) is 4.42 Å². The molecule has 20 heavy (non-hydrogen) atoms. The molecule has 2 N–H and O–H groups in total. The van der Waals surface area contributed by atoms with Gasteiger partial charge >= 0.3 is 11.7 Å². The van der Waals surface area contributed by atoms with Crippen LogP contribution in [0.2, 0.25) is 0 Å². The maximum absolute atomic E-state index is 12.0. The van der Waals surface area contributed by atoms with Crippen molar-refractivity contribution in [1.82, 2.24) is 4.90 Å². The molecule has 2 heterocycles. The topological polar surface area (TPSA) is 82.8 Å². The highest BCUT2D eigenvalue weighted by Gasteiger charge is 2.24. The molecule has 0 bridgehead atoms. The molecule has 0 radical (unpaired) electrons. The number of β-amino-alcohol motifs (C(OH)–C–C–N with tert-alkyl or cyclic N) is 1. The molecular weight excluding hydrogens is 260 g/mol. The minimum atomic E-state index is -0.438. The number of benzene rings is 1. The van der Waals surface area contributed by atoms with E-state index in [1.165, 1.54) is 6.07 Å². The molecule has 1 saturated heterocycles. The molecule has 1 aliphatic rings. The minimum absolute atomic E-state index is 0.238. The molecule has 0 unspecified atom stereocenters. The largest absolute Gasteiger partial charge is 0.423 e. The van der Waals surface area contributed by atoms with E-state index < -0.39 is 11.7 Å². The van der Waals surface area contributed by atoms with Crippen LogP contribution in [0.4, 0.5) is 10.5 Å². The third-order valence-electron chi connectivity index (χ3n) is 3.32. The number of rotatable bonds is 1. The fraction of sp³-hybridized carbons (Fsp3) is 0.286. The van der Waals surface area contributed by atoms with Gasteiger partial charge in [0.25, 0.3) is 0 Å². The van der Waals surface area contributed by atoms with Gasteiger partial charge in [0.15, 0.2) is 0 Å². The zero-order chi connectivity index (χ0) is 14.1. The normalized spacial score (nSPS) is 18.4. The van der Waals surface area contributed by atoms with Crippen LogP contribution in [-0.2, 0) is 0 Å². The van der Waals surface area contributed by atoms with E-state index in [0.29, 0.717) is 30.8 Å². The molecule has 1 fully saturated rings. The molecule has 0 aliphatic carbocycles. The number of nitrogens with one attached hydrogen (secondary N) is 1. The van der Waals surface area contributed by atoms with E-state index in [1.54, 1.807) is 29.2 Å². The van der Waals surface area contributed by atoms with Crippen LogP contribution in [-0.4, -0.2) is 35.2 Å². The van der Waals surface area contributed by atoms with Crippen LogP contribution in [0.15, 0.2) is 39.5 Å². The predicted molar refractivity (Wildman–Crippen MR) is 73.7 cm³/mol. The number of fused-ring (bicyclic) bond motifs is 1. The Labute approximate surface area is 114 Å². The number of hydrogen-bond donors (Lipinski definition) is 2. The van der Waals surface area contributed by atoms with Crippen molar-refractivity contribution in [2.45, 2.75) is 12.5 Å². The summed E-state index contributed by atoms with van der Waals surface area (Å²) >= 11 is 0. The molecule has 104 valence electrons. The quantitative estimate of drug-likeness (QED) is 0.770. The van der Waals surface area contributed by atoms with Crippen molar-refractivity contribution in [3.8, 4) is 0 Å². The van der Waals surface area contributed by atoms with Crippen molar-refractivity contribution >= 4 is 22.7 Å². The second-order valence-electron chi connectivity index (χ2n) is 4.83. The second kappa shape index (κ2) is 4.97. The standard InChI is InChI=1S/C14H14N2O4/c17-11-5-6-16(8-11)14(19)15-10-2-3-12-9(7-10)1-4-13(18)20-12/h1-4,7,11,17H,5-6,8H2,(H,15,19)/t11-/m0/s1. The summed E-state index contributed by atoms with van der Waals surface area (Å²) in [6.07, 6.45) is 0.169. The predicted octanol–water partition coefficient (Wildman–Crippen LogP) is 1.39. The van der Waals surface area contributed by atoms with E-state index in [2.05, 4.69) is 5.32 Å². The number of amides is 2. The van der Waals surface area contributed by atoms with E-state index in [9.17, 15) is 14.7 Å². The lowest BCUT2D eigenvalue weighted by Gasteiger charge is -2.16. The first-order valence-corrected chi connectivity index (χ1v) is 6.40. The Morgan fingerprint density at radius 2 is 2.20 bits per heavy atom. The fourth-order valence-electron chi connectivity index (χ4n) is 2.28. The third kappa shape index (κ3) is 2.50. The van der Waals surface area contributed by atoms with Crippen molar-refractivity contribution in [2.24, 2.45) is 0 Å². The average Bonchev–Trinajstić information content (AvgIpc) is 2.86. The van der Waals surface area contributed by atoms with Crippen LogP contribution >= 0.6 is 0 Å². The number of likely N-dealkylation sites (tertiary alicyclic amines) is 1. The van der Waals surface area contributed by atoms with Crippen molar-refractivity contribution < 1.29 is 14.3 Å². The minimum Gasteiger partial charge on any atom is -0.423 e. The van der Waals surface area contributed by atoms with Gasteiger partial charge in [-0.3, -0.25) is 0 Å². The molecule has 0 saturated carbocycles. The van der Waals surface area contributed by atoms with Gasteiger partial charge in [-0.15, -0.1) is 0 Å². The van der Waals surface area contributed by atoms with Gasteiger partial charge in [-0.25, -0.2) is 9.59 Å². The molecule has 1 atom stereocenters. The Morgan fingerprint density at radius 1 is 1.35 bits per heavy atom. The maximum atomic E-state index is 12.0. The van der Waals surface area contributed by atoms with Gasteiger partial charge in [0.2, 0.25) is 0 Å². The molecule has 6 heteroatoms. The molecule has 1 aromatic carbocycles. The smallest absolute Gasteiger partial charge is 0.336 e. The summed E-state index contributed by atoms with van der Waals surface area (Å²) in [7, 11) is 0. The Hall–Kier alpha value is -2.34. The van der Waals surface area contributed by atoms with Gasteiger partial charge in [0.05, 0.1) is 6.10 Å². The average molecular weight is 274 g/mol. The number of hydrogen-bond acceptors (Lipinski definition) is 4. The highest BCUT2D eigenvalue weighted by molar-refractivity contribution is 5.92. The Balaban J connectivity index is 1.79. The summed E-state index contributed by atoms with van der Waals surface area (Å²) in [6.45, 7) is 0.906. The van der Waals surface area contributed by atoms with Crippen molar-refractivity contribution in [2.75, 3.05) is 18.4 Å². The second-order valence-corrected chi connectivity index (χ2v) is 4.83. The highest BCUT2D eigenvalue weighted by atomic mass is 16.4. The number of nitrogens with zero attached hydrogens (tertiary/aromatic N) is 1. The van der Waals surface area contributed by atoms with Crippen LogP contribution in [0.3, 0.4) is 0 Å². The lowest BCUT2D eigenvalue weighted by Crippen LogP contribution is -2.33. The molecule has 2 amide bonds. The SMILES string of the molecule is O=C(Nc1ccc2oc(=O)ccc2c1)N1CC[C@H](O)C1. The molecule has 1 aromatic heterocycles. The van der Waals surface area contributed by atoms with Gasteiger partial charge < -0.3 is 19.7 Å². The van der Waals surface area contributed by atoms with Crippen LogP contribution < -0.4 is 10.9 Å². The molecule has 0 spiro atoms. The Bertz CT molecular complexity index is 710. The molecule has 6 nitrogen and oxygen atoms in total. The van der Waals surface area contributed by atoms with Gasteiger partial charge in [0.1, 0.15) is 5.58 Å². The highest BCUT2D eigenvalue weighted by Crippen LogP contribution is 2.19. The van der Waals surface area contributed by atoms with Crippen molar-refractivity contribution in [3.05, 3.63) is 40.8 Å². The van der Waals surface area contributed by atoms with E-state index >= 15 is 0 Å². The van der Waals surface area contributed by atoms with Gasteiger partial charge in [-0.1, -0.05) is 0 Å². The van der Waals surface area contributed by atoms with E-state index in [1.807, 2.05) is 0 Å². The summed E-state index contributed by atoms with van der Waals surface area (Å²) in [6, 6.07) is 7.81. The molecule has 2 aromatic rings. The van der Waals surface area contributed by atoms with Crippen LogP contribution in [0.1, 0.15) is 6.42 Å². The number of carbonyl (C=O) groups is 1. The van der Waals surface area contributed by atoms with Crippen molar-refractivity contribution in [1.29, 1.82) is 0 Å². The summed E-state index contributed by atoms with van der Waals surface area (Å²) in [5, 5.41) is 12.9. The molecule has 3 rings (SSSR count). The first-order valence-electron chi connectivity index (χ1n) is 6.40. The summed E-state index contributed by atoms with van der Waals surface area (Å²) in [4.78, 5) is 24.6. The number of anilines is 1. The number of carbonyl (C=O) groups excluding carboxylic acids is 1. The molecular formula is C14H14N2O4. The number of aliphatic hydroxyl groups excluding tert-OH is 1. The maximum Gasteiger partial charge on any atom is 0.336 e. The van der Waals surface area contributed by atoms with Crippen LogP contribution in [0.25, 0.3) is 11.0 Å². The van der Waals surface area contributed by atoms with Gasteiger partial charge in [-0.2, -0.15) is 0 Å². The summed E-state index contributed by atoms with van der Waals surface area (Å²) in [5.41, 5.74) is 0.699. The molecule has 1 aliphatic heterocycles. The zero-order valence-corrected chi connectivity index (χ0v) is 10.7. The monoisotopic (exact) mass is 274 g/mol. The van der Waals surface area contributed by atoms with E-state index in [-0.39, 0.29) is 6.03 Å². The Morgan fingerprint density at radius 3 is 2.95 bits per heavy atom. The third-order valence-corrected chi connectivity index (χ3v) is 3.32.